The second-order valence-electron chi connectivity index (χ2n) is 9.68. The van der Waals surface area contributed by atoms with E-state index in [0.717, 1.165) is 31.2 Å². The molecule has 3 aliphatic rings. The van der Waals surface area contributed by atoms with Gasteiger partial charge in [-0.15, -0.1) is 0 Å². The zero-order valence-corrected chi connectivity index (χ0v) is 21.6. The maximum atomic E-state index is 13.3. The lowest BCUT2D eigenvalue weighted by Crippen LogP contribution is -2.58. The van der Waals surface area contributed by atoms with Gasteiger partial charge >= 0.3 is 12.0 Å². The highest BCUT2D eigenvalue weighted by atomic mass is 35.5. The third-order valence-corrected chi connectivity index (χ3v) is 7.49. The third kappa shape index (κ3) is 5.36. The van der Waals surface area contributed by atoms with Crippen LogP contribution in [-0.2, 0) is 14.4 Å². The molecule has 0 spiro atoms. The first-order valence-corrected chi connectivity index (χ1v) is 13.0. The van der Waals surface area contributed by atoms with Gasteiger partial charge in [-0.05, 0) is 85.6 Å². The molecule has 4 amide bonds. The summed E-state index contributed by atoms with van der Waals surface area (Å²) in [5, 5.41) is 2.91. The highest BCUT2D eigenvalue weighted by Crippen LogP contribution is 2.47. The van der Waals surface area contributed by atoms with Gasteiger partial charge in [0.1, 0.15) is 5.57 Å². The van der Waals surface area contributed by atoms with Gasteiger partial charge in [-0.3, -0.25) is 19.8 Å². The minimum Gasteiger partial charge on any atom is -0.490 e. The summed E-state index contributed by atoms with van der Waals surface area (Å²) in [6.45, 7) is 2.09. The predicted molar refractivity (Wildman–Crippen MR) is 141 cm³/mol. The first-order valence-electron chi connectivity index (χ1n) is 12.6. The van der Waals surface area contributed by atoms with Gasteiger partial charge in [0.2, 0.25) is 0 Å². The predicted octanol–water partition coefficient (Wildman–Crippen LogP) is 5.01. The number of carbonyl (C=O) groups is 4. The maximum Gasteiger partial charge on any atom is 0.336 e. The number of imide groups is 2. The van der Waals surface area contributed by atoms with E-state index < -0.39 is 23.8 Å². The molecule has 3 atom stereocenters. The fraction of sp³-hybridized carbons (Fsp3) is 0.310. The van der Waals surface area contributed by atoms with E-state index in [1.165, 1.54) is 23.1 Å². The molecule has 5 rings (SSSR count). The van der Waals surface area contributed by atoms with Crippen molar-refractivity contribution in [2.24, 2.45) is 11.8 Å². The van der Waals surface area contributed by atoms with E-state index in [2.05, 4.69) is 5.32 Å². The SMILES string of the molecule is CCOc1cc(/C=C2\C(=O)NC(=O)N([C@H]3C[C@H]4CC[C@H]3C4)C2=O)ccc1OC(=O)/C=C/c1ccc(Cl)cc1. The summed E-state index contributed by atoms with van der Waals surface area (Å²) in [6.07, 6.45) is 8.24. The molecule has 2 aromatic rings. The molecule has 0 unspecified atom stereocenters. The molecule has 2 aliphatic carbocycles. The molecule has 2 bridgehead atoms. The van der Waals surface area contributed by atoms with Gasteiger partial charge in [0.25, 0.3) is 11.8 Å². The van der Waals surface area contributed by atoms with Crippen LogP contribution in [0.15, 0.2) is 54.1 Å². The minimum absolute atomic E-state index is 0.120. The molecule has 1 heterocycles. The zero-order valence-electron chi connectivity index (χ0n) is 20.8. The number of halogens is 1. The lowest BCUT2D eigenvalue weighted by Gasteiger charge is -2.35. The molecule has 9 heteroatoms. The average molecular weight is 535 g/mol. The molecule has 0 radical (unpaired) electrons. The van der Waals surface area contributed by atoms with E-state index >= 15 is 0 Å². The van der Waals surface area contributed by atoms with Crippen LogP contribution in [0.1, 0.15) is 43.7 Å². The van der Waals surface area contributed by atoms with Crippen LogP contribution in [0.3, 0.4) is 0 Å². The molecule has 3 fully saturated rings. The molecular formula is C29H27ClN2O6. The van der Waals surface area contributed by atoms with E-state index in [1.807, 2.05) is 0 Å². The van der Waals surface area contributed by atoms with E-state index in [4.69, 9.17) is 21.1 Å². The Morgan fingerprint density at radius 2 is 1.82 bits per heavy atom. The summed E-state index contributed by atoms with van der Waals surface area (Å²) in [7, 11) is 0. The monoisotopic (exact) mass is 534 g/mol. The molecule has 1 N–H and O–H groups in total. The number of fused-ring (bicyclic) bond motifs is 2. The number of nitrogens with one attached hydrogen (secondary N) is 1. The normalized spacial score (nSPS) is 23.8. The zero-order chi connectivity index (χ0) is 26.8. The number of hydrogen-bond donors (Lipinski definition) is 1. The first kappa shape index (κ1) is 25.7. The Balaban J connectivity index is 1.35. The molecule has 196 valence electrons. The first-order chi connectivity index (χ1) is 18.3. The smallest absolute Gasteiger partial charge is 0.336 e. The third-order valence-electron chi connectivity index (χ3n) is 7.24. The van der Waals surface area contributed by atoms with Gasteiger partial charge in [0.15, 0.2) is 11.5 Å². The average Bonchev–Trinajstić information content (AvgIpc) is 3.52. The number of hydrogen-bond acceptors (Lipinski definition) is 6. The van der Waals surface area contributed by atoms with Crippen molar-refractivity contribution in [2.75, 3.05) is 6.61 Å². The number of nitrogens with zero attached hydrogens (tertiary/aromatic N) is 1. The quantitative estimate of drug-likeness (QED) is 0.232. The van der Waals surface area contributed by atoms with Crippen LogP contribution in [0, 0.1) is 11.8 Å². The van der Waals surface area contributed by atoms with E-state index in [1.54, 1.807) is 49.4 Å². The van der Waals surface area contributed by atoms with Crippen molar-refractivity contribution in [1.82, 2.24) is 10.2 Å². The highest BCUT2D eigenvalue weighted by Gasteiger charge is 2.49. The molecule has 1 aliphatic heterocycles. The van der Waals surface area contributed by atoms with Gasteiger partial charge in [-0.1, -0.05) is 36.2 Å². The van der Waals surface area contributed by atoms with Crippen LogP contribution in [0.4, 0.5) is 4.79 Å². The number of rotatable bonds is 7. The van der Waals surface area contributed by atoms with E-state index in [0.29, 0.717) is 23.1 Å². The summed E-state index contributed by atoms with van der Waals surface area (Å²) in [5.41, 5.74) is 1.16. The lowest BCUT2D eigenvalue weighted by molar-refractivity contribution is -0.132. The summed E-state index contributed by atoms with van der Waals surface area (Å²) >= 11 is 5.88. The Bertz CT molecular complexity index is 1350. The lowest BCUT2D eigenvalue weighted by atomic mass is 9.93. The topological polar surface area (TPSA) is 102 Å². The minimum atomic E-state index is -0.736. The van der Waals surface area contributed by atoms with Crippen LogP contribution >= 0.6 is 11.6 Å². The van der Waals surface area contributed by atoms with Crippen LogP contribution in [-0.4, -0.2) is 41.4 Å². The van der Waals surface area contributed by atoms with Gasteiger partial charge in [-0.25, -0.2) is 9.59 Å². The van der Waals surface area contributed by atoms with Gasteiger partial charge in [0, 0.05) is 17.1 Å². The van der Waals surface area contributed by atoms with Gasteiger partial charge in [-0.2, -0.15) is 0 Å². The van der Waals surface area contributed by atoms with E-state index in [-0.39, 0.29) is 29.0 Å². The Morgan fingerprint density at radius 1 is 1.05 bits per heavy atom. The van der Waals surface area contributed by atoms with Crippen molar-refractivity contribution in [2.45, 2.75) is 38.6 Å². The molecule has 0 aromatic heterocycles. The second kappa shape index (κ2) is 10.8. The van der Waals surface area contributed by atoms with Crippen molar-refractivity contribution in [3.05, 3.63) is 70.3 Å². The Morgan fingerprint density at radius 3 is 2.50 bits per heavy atom. The van der Waals surface area contributed by atoms with E-state index in [9.17, 15) is 19.2 Å². The van der Waals surface area contributed by atoms with Gasteiger partial charge in [0.05, 0.1) is 6.61 Å². The number of barbiturate groups is 1. The number of carbonyl (C=O) groups excluding carboxylic acids is 4. The highest BCUT2D eigenvalue weighted by molar-refractivity contribution is 6.31. The fourth-order valence-corrected chi connectivity index (χ4v) is 5.64. The number of ether oxygens (including phenoxy) is 2. The Hall–Kier alpha value is -3.91. The molecule has 1 saturated heterocycles. The van der Waals surface area contributed by atoms with Gasteiger partial charge < -0.3 is 9.47 Å². The fourth-order valence-electron chi connectivity index (χ4n) is 5.51. The molecule has 2 saturated carbocycles. The maximum absolute atomic E-state index is 13.3. The standard InChI is InChI=1S/C29H27ClN2O6/c1-2-37-25-16-19(6-11-24(25)38-26(33)12-7-17-4-9-21(30)10-5-17)14-22-27(34)31-29(36)32(28(22)35)23-15-18-3-8-20(23)13-18/h4-7,9-12,14,16,18,20,23H,2-3,8,13,15H2,1H3,(H,31,34,36)/b12-7+,22-14+/t18-,20-,23-/m0/s1. The van der Waals surface area contributed by atoms with Crippen molar-refractivity contribution in [3.63, 3.8) is 0 Å². The van der Waals surface area contributed by atoms with Crippen LogP contribution < -0.4 is 14.8 Å². The van der Waals surface area contributed by atoms with Crippen molar-refractivity contribution >= 4 is 47.6 Å². The van der Waals surface area contributed by atoms with Crippen molar-refractivity contribution < 1.29 is 28.7 Å². The molecule has 2 aromatic carbocycles. The number of benzene rings is 2. The summed E-state index contributed by atoms with van der Waals surface area (Å²) in [6, 6.07) is 10.9. The molecule has 38 heavy (non-hydrogen) atoms. The molecule has 8 nitrogen and oxygen atoms in total. The number of amides is 4. The number of urea groups is 1. The van der Waals surface area contributed by atoms with Crippen LogP contribution in [0.5, 0.6) is 11.5 Å². The Labute approximate surface area is 225 Å². The van der Waals surface area contributed by atoms with Crippen LogP contribution in [0.2, 0.25) is 5.02 Å². The molecular weight excluding hydrogens is 508 g/mol. The number of esters is 1. The van der Waals surface area contributed by atoms with Crippen molar-refractivity contribution in [3.8, 4) is 11.5 Å². The summed E-state index contributed by atoms with van der Waals surface area (Å²) in [5.74, 6) is -0.638. The summed E-state index contributed by atoms with van der Waals surface area (Å²) in [4.78, 5) is 52.1. The van der Waals surface area contributed by atoms with Crippen molar-refractivity contribution in [1.29, 1.82) is 0 Å². The largest absolute Gasteiger partial charge is 0.490 e. The second-order valence-corrected chi connectivity index (χ2v) is 10.1. The Kier molecular flexibility index (Phi) is 7.33. The van der Waals surface area contributed by atoms with Crippen LogP contribution in [0.25, 0.3) is 12.2 Å². The summed E-state index contributed by atoms with van der Waals surface area (Å²) < 4.78 is 11.1.